The Morgan fingerprint density at radius 2 is 2.13 bits per heavy atom. The Labute approximate surface area is 90.4 Å². The van der Waals surface area contributed by atoms with E-state index in [1.54, 1.807) is 20.5 Å². The van der Waals surface area contributed by atoms with Crippen LogP contribution in [0.3, 0.4) is 0 Å². The minimum Gasteiger partial charge on any atom is -0.468 e. The first kappa shape index (κ1) is 10.7. The van der Waals surface area contributed by atoms with Crippen molar-refractivity contribution in [3.63, 3.8) is 0 Å². The van der Waals surface area contributed by atoms with Crippen molar-refractivity contribution in [3.05, 3.63) is 23.7 Å². The lowest BCUT2D eigenvalue weighted by atomic mass is 9.75. The van der Waals surface area contributed by atoms with Crippen molar-refractivity contribution in [1.29, 1.82) is 0 Å². The lowest BCUT2D eigenvalue weighted by molar-refractivity contribution is -0.154. The van der Waals surface area contributed by atoms with E-state index < -0.39 is 0 Å². The number of fused-ring (bicyclic) bond motifs is 1. The molecule has 2 rings (SSSR count). The van der Waals surface area contributed by atoms with Crippen LogP contribution in [0.25, 0.3) is 0 Å². The summed E-state index contributed by atoms with van der Waals surface area (Å²) in [4.78, 5) is 0. The van der Waals surface area contributed by atoms with Crippen LogP contribution in [0.15, 0.2) is 16.7 Å². The van der Waals surface area contributed by atoms with E-state index in [-0.39, 0.29) is 11.7 Å². The van der Waals surface area contributed by atoms with Gasteiger partial charge in [0.2, 0.25) is 0 Å². The van der Waals surface area contributed by atoms with E-state index in [2.05, 4.69) is 13.0 Å². The molecule has 0 radical (unpaired) electrons. The van der Waals surface area contributed by atoms with Crippen molar-refractivity contribution in [2.45, 2.75) is 37.9 Å². The zero-order valence-corrected chi connectivity index (χ0v) is 9.58. The molecule has 1 aromatic heterocycles. The maximum atomic E-state index is 5.60. The molecule has 0 aromatic carbocycles. The van der Waals surface area contributed by atoms with Gasteiger partial charge in [0.15, 0.2) is 6.29 Å². The van der Waals surface area contributed by atoms with Gasteiger partial charge in [-0.1, -0.05) is 0 Å². The van der Waals surface area contributed by atoms with Crippen molar-refractivity contribution >= 4 is 0 Å². The van der Waals surface area contributed by atoms with Crippen molar-refractivity contribution in [2.24, 2.45) is 0 Å². The molecule has 1 atom stereocenters. The van der Waals surface area contributed by atoms with E-state index in [0.29, 0.717) is 0 Å². The smallest absolute Gasteiger partial charge is 0.169 e. The molecule has 1 aliphatic carbocycles. The van der Waals surface area contributed by atoms with E-state index in [9.17, 15) is 0 Å². The predicted molar refractivity (Wildman–Crippen MR) is 56.8 cm³/mol. The summed E-state index contributed by atoms with van der Waals surface area (Å²) in [7, 11) is 3.35. The summed E-state index contributed by atoms with van der Waals surface area (Å²) in [5.74, 6) is 1.03. The largest absolute Gasteiger partial charge is 0.468 e. The highest BCUT2D eigenvalue weighted by Gasteiger charge is 2.42. The fraction of sp³-hybridized carbons (Fsp3) is 0.667. The highest BCUT2D eigenvalue weighted by Crippen LogP contribution is 2.41. The molecule has 84 valence electrons. The molecule has 0 saturated heterocycles. The Balaban J connectivity index is 2.37. The summed E-state index contributed by atoms with van der Waals surface area (Å²) in [6.07, 6.45) is 4.83. The fourth-order valence-electron chi connectivity index (χ4n) is 2.63. The van der Waals surface area contributed by atoms with Crippen molar-refractivity contribution in [1.82, 2.24) is 0 Å². The van der Waals surface area contributed by atoms with Gasteiger partial charge in [-0.3, -0.25) is 0 Å². The fourth-order valence-corrected chi connectivity index (χ4v) is 2.63. The van der Waals surface area contributed by atoms with Gasteiger partial charge >= 0.3 is 0 Å². The molecule has 0 N–H and O–H groups in total. The van der Waals surface area contributed by atoms with E-state index >= 15 is 0 Å². The molecule has 0 saturated carbocycles. The van der Waals surface area contributed by atoms with Crippen LogP contribution in [0.1, 0.15) is 31.1 Å². The minimum atomic E-state index is -0.234. The van der Waals surface area contributed by atoms with Crippen LogP contribution >= 0.6 is 0 Å². The first-order valence-corrected chi connectivity index (χ1v) is 5.35. The molecule has 0 fully saturated rings. The maximum absolute atomic E-state index is 5.60. The van der Waals surface area contributed by atoms with Crippen LogP contribution in [0.5, 0.6) is 0 Å². The third-order valence-corrected chi connectivity index (χ3v) is 3.36. The molecule has 3 heteroatoms. The van der Waals surface area contributed by atoms with Gasteiger partial charge < -0.3 is 13.9 Å². The topological polar surface area (TPSA) is 31.6 Å². The van der Waals surface area contributed by atoms with E-state index in [0.717, 1.165) is 25.0 Å². The van der Waals surface area contributed by atoms with Gasteiger partial charge in [0.1, 0.15) is 5.76 Å². The average molecular weight is 210 g/mol. The summed E-state index contributed by atoms with van der Waals surface area (Å²) >= 11 is 0. The van der Waals surface area contributed by atoms with Gasteiger partial charge in [-0.2, -0.15) is 0 Å². The highest BCUT2D eigenvalue weighted by molar-refractivity contribution is 5.28. The second kappa shape index (κ2) is 3.99. The summed E-state index contributed by atoms with van der Waals surface area (Å²) in [6, 6.07) is 2.05. The molecule has 1 aromatic rings. The van der Waals surface area contributed by atoms with Crippen molar-refractivity contribution in [2.75, 3.05) is 14.2 Å². The number of hydrogen-bond acceptors (Lipinski definition) is 3. The first-order valence-electron chi connectivity index (χ1n) is 5.35. The lowest BCUT2D eigenvalue weighted by Crippen LogP contribution is -2.41. The molecule has 1 aliphatic rings. The minimum absolute atomic E-state index is 0.152. The molecule has 0 amide bonds. The molecule has 0 spiro atoms. The number of ether oxygens (including phenoxy) is 2. The number of methoxy groups -OCH3 is 2. The molecule has 0 aliphatic heterocycles. The third kappa shape index (κ3) is 1.60. The lowest BCUT2D eigenvalue weighted by Gasteiger charge is -2.37. The molecule has 0 bridgehead atoms. The van der Waals surface area contributed by atoms with E-state index in [1.165, 1.54) is 5.56 Å². The molecular formula is C12H18O3. The van der Waals surface area contributed by atoms with Crippen molar-refractivity contribution < 1.29 is 13.9 Å². The van der Waals surface area contributed by atoms with Gasteiger partial charge in [-0.05, 0) is 37.8 Å². The van der Waals surface area contributed by atoms with Gasteiger partial charge in [-0.15, -0.1) is 0 Å². The normalized spacial score (nSPS) is 25.6. The van der Waals surface area contributed by atoms with Gasteiger partial charge in [0, 0.05) is 14.2 Å². The third-order valence-electron chi connectivity index (χ3n) is 3.36. The molecule has 15 heavy (non-hydrogen) atoms. The Morgan fingerprint density at radius 1 is 1.40 bits per heavy atom. The summed E-state index contributed by atoms with van der Waals surface area (Å²) in [5, 5.41) is 0. The van der Waals surface area contributed by atoms with Crippen LogP contribution in [0.4, 0.5) is 0 Å². The maximum Gasteiger partial charge on any atom is 0.169 e. The van der Waals surface area contributed by atoms with Gasteiger partial charge in [-0.25, -0.2) is 0 Å². The van der Waals surface area contributed by atoms with Crippen LogP contribution in [-0.2, 0) is 21.3 Å². The SMILES string of the molecule is COC(OC)C1(C)CCCc2ccoc21. The van der Waals surface area contributed by atoms with Crippen LogP contribution in [0, 0.1) is 0 Å². The number of furan rings is 1. The predicted octanol–water partition coefficient (Wildman–Crippen LogP) is 2.49. The first-order chi connectivity index (χ1) is 7.22. The van der Waals surface area contributed by atoms with Gasteiger partial charge in [0.25, 0.3) is 0 Å². The Kier molecular flexibility index (Phi) is 2.85. The highest BCUT2D eigenvalue weighted by atomic mass is 16.7. The monoisotopic (exact) mass is 210 g/mol. The molecule has 3 nitrogen and oxygen atoms in total. The Morgan fingerprint density at radius 3 is 2.80 bits per heavy atom. The molecule has 1 unspecified atom stereocenters. The van der Waals surface area contributed by atoms with Gasteiger partial charge in [0.05, 0.1) is 11.7 Å². The quantitative estimate of drug-likeness (QED) is 0.718. The van der Waals surface area contributed by atoms with Crippen molar-refractivity contribution in [3.8, 4) is 0 Å². The molecule has 1 heterocycles. The van der Waals surface area contributed by atoms with E-state index in [4.69, 9.17) is 13.9 Å². The Bertz CT molecular complexity index is 327. The van der Waals surface area contributed by atoms with E-state index in [1.807, 2.05) is 0 Å². The summed E-state index contributed by atoms with van der Waals surface area (Å²) in [5.41, 5.74) is 1.14. The number of aryl methyl sites for hydroxylation is 1. The second-order valence-electron chi connectivity index (χ2n) is 4.35. The molecular weight excluding hydrogens is 192 g/mol. The summed E-state index contributed by atoms with van der Waals surface area (Å²) < 4.78 is 16.4. The average Bonchev–Trinajstić information content (AvgIpc) is 2.69. The van der Waals surface area contributed by atoms with Crippen LogP contribution in [-0.4, -0.2) is 20.5 Å². The zero-order chi connectivity index (χ0) is 10.9. The van der Waals surface area contributed by atoms with Crippen LogP contribution in [0.2, 0.25) is 0 Å². The van der Waals surface area contributed by atoms with Crippen LogP contribution < -0.4 is 0 Å². The standard InChI is InChI=1S/C12H18O3/c1-12(11(13-2)14-3)7-4-5-9-6-8-15-10(9)12/h6,8,11H,4-5,7H2,1-3H3. The second-order valence-corrected chi connectivity index (χ2v) is 4.35. The number of hydrogen-bond donors (Lipinski definition) is 0. The summed E-state index contributed by atoms with van der Waals surface area (Å²) in [6.45, 7) is 2.14. The zero-order valence-electron chi connectivity index (χ0n) is 9.58. The number of rotatable bonds is 3. The Hall–Kier alpha value is -0.800.